The Kier molecular flexibility index (Phi) is 3.86. The molecule has 2 aromatic rings. The van der Waals surface area contributed by atoms with Crippen LogP contribution >= 0.6 is 0 Å². The average molecular weight is 302 g/mol. The molecule has 7 nitrogen and oxygen atoms in total. The molecule has 1 aromatic heterocycles. The number of ether oxygens (including phenoxy) is 1. The molecule has 1 aliphatic heterocycles. The Hall–Kier alpha value is -2.70. The molecule has 0 spiro atoms. The number of piperazine rings is 1. The molecule has 1 aliphatic rings. The minimum Gasteiger partial charge on any atom is -0.497 e. The topological polar surface area (TPSA) is 84.8 Å². The fraction of sp³-hybridized carbons (Fsp3) is 0.333. The second kappa shape index (κ2) is 5.97. The van der Waals surface area contributed by atoms with Crippen molar-refractivity contribution in [1.29, 1.82) is 0 Å². The van der Waals surface area contributed by atoms with Crippen LogP contribution in [0.25, 0.3) is 0 Å². The van der Waals surface area contributed by atoms with Gasteiger partial charge in [-0.15, -0.1) is 0 Å². The largest absolute Gasteiger partial charge is 0.497 e. The van der Waals surface area contributed by atoms with Gasteiger partial charge < -0.3 is 24.7 Å². The van der Waals surface area contributed by atoms with Crippen molar-refractivity contribution in [2.45, 2.75) is 0 Å². The number of nitrogens with zero attached hydrogens (tertiary/aromatic N) is 3. The summed E-state index contributed by atoms with van der Waals surface area (Å²) in [5.74, 6) is 0.691. The lowest BCUT2D eigenvalue weighted by Gasteiger charge is -2.35. The number of anilines is 2. The highest BCUT2D eigenvalue weighted by Gasteiger charge is 2.24. The van der Waals surface area contributed by atoms with E-state index in [1.165, 1.54) is 6.26 Å². The summed E-state index contributed by atoms with van der Waals surface area (Å²) in [4.78, 5) is 20.1. The Bertz CT molecular complexity index is 645. The summed E-state index contributed by atoms with van der Waals surface area (Å²) in [5.41, 5.74) is 6.78. The van der Waals surface area contributed by atoms with Gasteiger partial charge in [0.15, 0.2) is 5.69 Å². The van der Waals surface area contributed by atoms with Gasteiger partial charge in [0.05, 0.1) is 7.11 Å². The Morgan fingerprint density at radius 3 is 2.45 bits per heavy atom. The number of methoxy groups -OCH3 is 1. The lowest BCUT2D eigenvalue weighted by atomic mass is 10.2. The lowest BCUT2D eigenvalue weighted by Crippen LogP contribution is -2.48. The molecule has 0 atom stereocenters. The highest BCUT2D eigenvalue weighted by Crippen LogP contribution is 2.21. The van der Waals surface area contributed by atoms with Gasteiger partial charge in [0.2, 0.25) is 0 Å². The molecule has 0 aliphatic carbocycles. The molecule has 1 amide bonds. The third-order valence-electron chi connectivity index (χ3n) is 3.75. The van der Waals surface area contributed by atoms with Crippen LogP contribution in [0.15, 0.2) is 34.9 Å². The van der Waals surface area contributed by atoms with Gasteiger partial charge in [0.25, 0.3) is 11.9 Å². The first-order chi connectivity index (χ1) is 10.7. The van der Waals surface area contributed by atoms with E-state index in [0.717, 1.165) is 24.5 Å². The first kappa shape index (κ1) is 14.2. The van der Waals surface area contributed by atoms with Gasteiger partial charge in [-0.3, -0.25) is 4.79 Å². The normalized spacial score (nSPS) is 15.0. The Labute approximate surface area is 128 Å². The summed E-state index contributed by atoms with van der Waals surface area (Å²) in [7, 11) is 1.65. The third kappa shape index (κ3) is 2.83. The van der Waals surface area contributed by atoms with Gasteiger partial charge in [-0.05, 0) is 24.3 Å². The molecule has 116 valence electrons. The highest BCUT2D eigenvalue weighted by atomic mass is 16.5. The van der Waals surface area contributed by atoms with Crippen molar-refractivity contribution in [3.8, 4) is 5.75 Å². The van der Waals surface area contributed by atoms with Gasteiger partial charge in [0.1, 0.15) is 12.0 Å². The van der Waals surface area contributed by atoms with E-state index in [1.54, 1.807) is 12.0 Å². The summed E-state index contributed by atoms with van der Waals surface area (Å²) in [6.07, 6.45) is 1.30. The van der Waals surface area contributed by atoms with Crippen molar-refractivity contribution in [1.82, 2.24) is 9.88 Å². The van der Waals surface area contributed by atoms with Crippen LogP contribution in [0, 0.1) is 0 Å². The van der Waals surface area contributed by atoms with Crippen molar-refractivity contribution in [2.75, 3.05) is 43.9 Å². The monoisotopic (exact) mass is 302 g/mol. The quantitative estimate of drug-likeness (QED) is 0.918. The SMILES string of the molecule is COc1ccc(N2CCN(C(=O)c3coc(N)n3)CC2)cc1. The van der Waals surface area contributed by atoms with Crippen LogP contribution < -0.4 is 15.4 Å². The maximum absolute atomic E-state index is 12.3. The van der Waals surface area contributed by atoms with Crippen molar-refractivity contribution < 1.29 is 13.9 Å². The van der Waals surface area contributed by atoms with E-state index in [4.69, 9.17) is 14.9 Å². The van der Waals surface area contributed by atoms with Gasteiger partial charge >= 0.3 is 0 Å². The number of amides is 1. The van der Waals surface area contributed by atoms with E-state index in [2.05, 4.69) is 9.88 Å². The zero-order valence-corrected chi connectivity index (χ0v) is 12.4. The molecule has 1 saturated heterocycles. The molecule has 22 heavy (non-hydrogen) atoms. The van der Waals surface area contributed by atoms with E-state index < -0.39 is 0 Å². The number of nitrogen functional groups attached to an aromatic ring is 1. The molecular formula is C15H18N4O3. The minimum absolute atomic E-state index is 0.0141. The molecule has 7 heteroatoms. The second-order valence-corrected chi connectivity index (χ2v) is 5.05. The van der Waals surface area contributed by atoms with Crippen LogP contribution in [-0.2, 0) is 0 Å². The molecule has 1 aromatic carbocycles. The molecule has 3 rings (SSSR count). The van der Waals surface area contributed by atoms with E-state index in [1.807, 2.05) is 24.3 Å². The number of carbonyl (C=O) groups excluding carboxylic acids is 1. The molecule has 1 fully saturated rings. The highest BCUT2D eigenvalue weighted by molar-refractivity contribution is 5.92. The van der Waals surface area contributed by atoms with Gasteiger partial charge in [-0.25, -0.2) is 0 Å². The number of nitrogens with two attached hydrogens (primary N) is 1. The number of oxazole rings is 1. The fourth-order valence-electron chi connectivity index (χ4n) is 2.51. The van der Waals surface area contributed by atoms with Gasteiger partial charge in [0, 0.05) is 31.9 Å². The zero-order valence-electron chi connectivity index (χ0n) is 12.4. The smallest absolute Gasteiger partial charge is 0.292 e. The number of rotatable bonds is 3. The summed E-state index contributed by atoms with van der Waals surface area (Å²) in [6, 6.07) is 7.93. The second-order valence-electron chi connectivity index (χ2n) is 5.05. The van der Waals surface area contributed by atoms with Crippen LogP contribution in [0.1, 0.15) is 10.5 Å². The lowest BCUT2D eigenvalue weighted by molar-refractivity contribution is 0.0741. The number of hydrogen-bond acceptors (Lipinski definition) is 6. The van der Waals surface area contributed by atoms with Crippen LogP contribution in [0.5, 0.6) is 5.75 Å². The molecule has 2 N–H and O–H groups in total. The first-order valence-electron chi connectivity index (χ1n) is 7.06. The number of benzene rings is 1. The first-order valence-corrected chi connectivity index (χ1v) is 7.06. The van der Waals surface area contributed by atoms with Crippen molar-refractivity contribution in [2.24, 2.45) is 0 Å². The maximum Gasteiger partial charge on any atom is 0.292 e. The molecule has 0 unspecified atom stereocenters. The molecule has 0 bridgehead atoms. The molecular weight excluding hydrogens is 284 g/mol. The maximum atomic E-state index is 12.3. The van der Waals surface area contributed by atoms with E-state index in [9.17, 15) is 4.79 Å². The van der Waals surface area contributed by atoms with E-state index >= 15 is 0 Å². The van der Waals surface area contributed by atoms with E-state index in [-0.39, 0.29) is 17.6 Å². The molecule has 0 saturated carbocycles. The van der Waals surface area contributed by atoms with Crippen molar-refractivity contribution in [3.05, 3.63) is 36.2 Å². The zero-order chi connectivity index (χ0) is 15.5. The summed E-state index contributed by atoms with van der Waals surface area (Å²) in [5, 5.41) is 0. The van der Waals surface area contributed by atoms with E-state index in [0.29, 0.717) is 13.1 Å². The number of aromatic nitrogens is 1. The number of carbonyl (C=O) groups is 1. The van der Waals surface area contributed by atoms with Crippen LogP contribution in [0.4, 0.5) is 11.7 Å². The Morgan fingerprint density at radius 1 is 1.23 bits per heavy atom. The minimum atomic E-state index is -0.144. The summed E-state index contributed by atoms with van der Waals surface area (Å²) in [6.45, 7) is 2.81. The average Bonchev–Trinajstić information content (AvgIpc) is 3.01. The third-order valence-corrected chi connectivity index (χ3v) is 3.75. The Morgan fingerprint density at radius 2 is 1.91 bits per heavy atom. The van der Waals surface area contributed by atoms with Gasteiger partial charge in [-0.2, -0.15) is 4.98 Å². The standard InChI is InChI=1S/C15H18N4O3/c1-21-12-4-2-11(3-5-12)18-6-8-19(9-7-18)14(20)13-10-22-15(16)17-13/h2-5,10H,6-9H2,1H3,(H2,16,17). The number of hydrogen-bond donors (Lipinski definition) is 1. The van der Waals surface area contributed by atoms with Crippen molar-refractivity contribution >= 4 is 17.6 Å². The van der Waals surface area contributed by atoms with Crippen LogP contribution in [-0.4, -0.2) is 49.1 Å². The predicted octanol–water partition coefficient (Wildman–Crippen LogP) is 1.23. The van der Waals surface area contributed by atoms with Crippen molar-refractivity contribution in [3.63, 3.8) is 0 Å². The molecule has 0 radical (unpaired) electrons. The summed E-state index contributed by atoms with van der Waals surface area (Å²) >= 11 is 0. The predicted molar refractivity (Wildman–Crippen MR) is 82.0 cm³/mol. The summed E-state index contributed by atoms with van der Waals surface area (Å²) < 4.78 is 10.0. The fourth-order valence-corrected chi connectivity index (χ4v) is 2.51. The van der Waals surface area contributed by atoms with Crippen LogP contribution in [0.3, 0.4) is 0 Å². The van der Waals surface area contributed by atoms with Crippen LogP contribution in [0.2, 0.25) is 0 Å². The molecule has 2 heterocycles. The Balaban J connectivity index is 1.61. The van der Waals surface area contributed by atoms with Gasteiger partial charge in [-0.1, -0.05) is 0 Å².